The molecule has 0 aliphatic carbocycles. The smallest absolute Gasteiger partial charge is 0.119 e. The van der Waals surface area contributed by atoms with Crippen molar-refractivity contribution in [3.05, 3.63) is 42.0 Å². The predicted octanol–water partition coefficient (Wildman–Crippen LogP) is 4.89. The molecule has 2 unspecified atom stereocenters. The Morgan fingerprint density at radius 2 is 1.94 bits per heavy atom. The van der Waals surface area contributed by atoms with Gasteiger partial charge < -0.3 is 4.74 Å². The second kappa shape index (κ2) is 4.87. The molecule has 0 aromatic heterocycles. The molecule has 92 valence electrons. The number of halogens is 2. The standard InChI is InChI=1S/C13H14BrClOS/c1-3-16-11-6-4-10(5-7-11)13(14)9-8-12(2,15)17-13/h4-9H,3H2,1-2H3. The summed E-state index contributed by atoms with van der Waals surface area (Å²) in [7, 11) is 0. The molecule has 4 heteroatoms. The maximum Gasteiger partial charge on any atom is 0.119 e. The molecule has 0 amide bonds. The molecule has 0 saturated carbocycles. The van der Waals surface area contributed by atoms with Gasteiger partial charge in [0.05, 0.1) is 6.61 Å². The van der Waals surface area contributed by atoms with Gasteiger partial charge in [-0.25, -0.2) is 0 Å². The first-order chi connectivity index (χ1) is 7.95. The van der Waals surface area contributed by atoms with E-state index in [4.69, 9.17) is 16.3 Å². The molecule has 1 aromatic rings. The van der Waals surface area contributed by atoms with Crippen molar-refractivity contribution in [1.82, 2.24) is 0 Å². The molecule has 0 bridgehead atoms. The average Bonchev–Trinajstić information content (AvgIpc) is 2.56. The molecule has 0 spiro atoms. The van der Waals surface area contributed by atoms with E-state index in [0.29, 0.717) is 6.61 Å². The van der Waals surface area contributed by atoms with E-state index in [0.717, 1.165) is 5.75 Å². The van der Waals surface area contributed by atoms with Gasteiger partial charge in [-0.15, -0.1) is 23.4 Å². The molecule has 17 heavy (non-hydrogen) atoms. The fraction of sp³-hybridized carbons (Fsp3) is 0.385. The van der Waals surface area contributed by atoms with Crippen molar-refractivity contribution in [2.24, 2.45) is 0 Å². The third-order valence-corrected chi connectivity index (χ3v) is 5.27. The zero-order chi connectivity index (χ0) is 12.5. The van der Waals surface area contributed by atoms with Gasteiger partial charge in [-0.2, -0.15) is 0 Å². The first-order valence-corrected chi connectivity index (χ1v) is 7.46. The van der Waals surface area contributed by atoms with Crippen LogP contribution in [0.2, 0.25) is 0 Å². The topological polar surface area (TPSA) is 9.23 Å². The molecule has 2 rings (SSSR count). The van der Waals surface area contributed by atoms with E-state index in [9.17, 15) is 0 Å². The van der Waals surface area contributed by atoms with Crippen LogP contribution < -0.4 is 4.74 Å². The van der Waals surface area contributed by atoms with E-state index < -0.39 is 0 Å². The summed E-state index contributed by atoms with van der Waals surface area (Å²) < 4.78 is 4.86. The van der Waals surface area contributed by atoms with E-state index in [2.05, 4.69) is 34.1 Å². The zero-order valence-corrected chi connectivity index (χ0v) is 12.9. The largest absolute Gasteiger partial charge is 0.494 e. The summed E-state index contributed by atoms with van der Waals surface area (Å²) in [6.07, 6.45) is 4.12. The van der Waals surface area contributed by atoms with Crippen molar-refractivity contribution in [2.75, 3.05) is 6.61 Å². The Morgan fingerprint density at radius 3 is 2.41 bits per heavy atom. The summed E-state index contributed by atoms with van der Waals surface area (Å²) in [5.41, 5.74) is 1.17. The quantitative estimate of drug-likeness (QED) is 0.575. The average molecular weight is 334 g/mol. The summed E-state index contributed by atoms with van der Waals surface area (Å²) in [4.78, 5) is 0. The highest BCUT2D eigenvalue weighted by Crippen LogP contribution is 2.56. The van der Waals surface area contributed by atoms with Crippen molar-refractivity contribution in [3.8, 4) is 5.75 Å². The molecule has 0 N–H and O–H groups in total. The van der Waals surface area contributed by atoms with Gasteiger partial charge in [0.15, 0.2) is 0 Å². The molecular formula is C13H14BrClOS. The van der Waals surface area contributed by atoms with Crippen molar-refractivity contribution < 1.29 is 4.74 Å². The maximum atomic E-state index is 6.30. The van der Waals surface area contributed by atoms with E-state index in [1.165, 1.54) is 5.56 Å². The first-order valence-electron chi connectivity index (χ1n) is 5.47. The molecule has 0 radical (unpaired) electrons. The number of ether oxygens (including phenoxy) is 1. The van der Waals surface area contributed by atoms with Crippen molar-refractivity contribution >= 4 is 39.3 Å². The van der Waals surface area contributed by atoms with E-state index in [-0.39, 0.29) is 7.86 Å². The number of benzene rings is 1. The second-order valence-corrected chi connectivity index (χ2v) is 8.50. The van der Waals surface area contributed by atoms with Crippen LogP contribution in [0.3, 0.4) is 0 Å². The Morgan fingerprint density at radius 1 is 1.29 bits per heavy atom. The van der Waals surface area contributed by atoms with E-state index >= 15 is 0 Å². The maximum absolute atomic E-state index is 6.30. The highest BCUT2D eigenvalue weighted by atomic mass is 79.9. The van der Waals surface area contributed by atoms with Crippen molar-refractivity contribution in [1.29, 1.82) is 0 Å². The third kappa shape index (κ3) is 3.01. The van der Waals surface area contributed by atoms with E-state index in [1.54, 1.807) is 11.8 Å². The minimum atomic E-state index is -0.345. The highest BCUT2D eigenvalue weighted by Gasteiger charge is 2.40. The fourth-order valence-corrected chi connectivity index (χ4v) is 4.93. The number of alkyl halides is 2. The third-order valence-electron chi connectivity index (χ3n) is 2.50. The SMILES string of the molecule is CCOc1ccc(C2(Br)C=CC(C)(Cl)S2)cc1. The second-order valence-electron chi connectivity index (χ2n) is 4.02. The van der Waals surface area contributed by atoms with Gasteiger partial charge in [-0.05, 0) is 31.5 Å². The summed E-state index contributed by atoms with van der Waals surface area (Å²) >= 11 is 11.7. The fourth-order valence-electron chi connectivity index (χ4n) is 1.71. The molecule has 1 aliphatic rings. The van der Waals surface area contributed by atoms with Crippen molar-refractivity contribution in [2.45, 2.75) is 21.7 Å². The van der Waals surface area contributed by atoms with Gasteiger partial charge >= 0.3 is 0 Å². The van der Waals surface area contributed by atoms with Gasteiger partial charge in [0.25, 0.3) is 0 Å². The van der Waals surface area contributed by atoms with Crippen LogP contribution in [0.5, 0.6) is 5.75 Å². The van der Waals surface area contributed by atoms with Crippen LogP contribution in [0.25, 0.3) is 0 Å². The Balaban J connectivity index is 2.21. The van der Waals surface area contributed by atoms with Crippen LogP contribution in [-0.2, 0) is 3.66 Å². The van der Waals surface area contributed by atoms with Crippen molar-refractivity contribution in [3.63, 3.8) is 0 Å². The molecular weight excluding hydrogens is 320 g/mol. The lowest BCUT2D eigenvalue weighted by molar-refractivity contribution is 0.340. The van der Waals surface area contributed by atoms with Crippen LogP contribution in [0.15, 0.2) is 36.4 Å². The van der Waals surface area contributed by atoms with E-state index in [1.807, 2.05) is 32.1 Å². The van der Waals surface area contributed by atoms with Gasteiger partial charge in [-0.1, -0.05) is 40.2 Å². The molecule has 1 aromatic carbocycles. The minimum absolute atomic E-state index is 0.228. The Labute approximate surface area is 120 Å². The van der Waals surface area contributed by atoms with Gasteiger partial charge in [0.1, 0.15) is 13.6 Å². The van der Waals surface area contributed by atoms with Crippen LogP contribution in [0.1, 0.15) is 19.4 Å². The Bertz CT molecular complexity index is 430. The Kier molecular flexibility index (Phi) is 3.81. The molecule has 1 nitrogen and oxygen atoms in total. The van der Waals surface area contributed by atoms with Gasteiger partial charge in [-0.3, -0.25) is 0 Å². The van der Waals surface area contributed by atoms with Crippen LogP contribution in [0, 0.1) is 0 Å². The molecule has 1 heterocycles. The highest BCUT2D eigenvalue weighted by molar-refractivity contribution is 9.11. The molecule has 0 fully saturated rings. The first kappa shape index (κ1) is 13.3. The lowest BCUT2D eigenvalue weighted by Crippen LogP contribution is -2.11. The molecule has 2 atom stereocenters. The predicted molar refractivity (Wildman–Crippen MR) is 79.2 cm³/mol. The zero-order valence-electron chi connectivity index (χ0n) is 9.74. The van der Waals surface area contributed by atoms with Gasteiger partial charge in [0.2, 0.25) is 0 Å². The Hall–Kier alpha value is -0.120. The molecule has 0 saturated heterocycles. The summed E-state index contributed by atoms with van der Waals surface area (Å²) in [5, 5.41) is 0. The normalized spacial score (nSPS) is 31.8. The lowest BCUT2D eigenvalue weighted by Gasteiger charge is -2.23. The monoisotopic (exact) mass is 332 g/mol. The number of hydrogen-bond acceptors (Lipinski definition) is 2. The van der Waals surface area contributed by atoms with Crippen LogP contribution in [-0.4, -0.2) is 10.8 Å². The summed E-state index contributed by atoms with van der Waals surface area (Å²) in [5.74, 6) is 0.896. The van der Waals surface area contributed by atoms with Crippen LogP contribution in [0.4, 0.5) is 0 Å². The van der Waals surface area contributed by atoms with Crippen LogP contribution >= 0.6 is 39.3 Å². The summed E-state index contributed by atoms with van der Waals surface area (Å²) in [6, 6.07) is 8.10. The minimum Gasteiger partial charge on any atom is -0.494 e. The summed E-state index contributed by atoms with van der Waals surface area (Å²) in [6.45, 7) is 4.66. The number of thioether (sulfide) groups is 1. The number of hydrogen-bond donors (Lipinski definition) is 0. The lowest BCUT2D eigenvalue weighted by atomic mass is 10.1. The molecule has 1 aliphatic heterocycles. The number of rotatable bonds is 3. The van der Waals surface area contributed by atoms with Gasteiger partial charge in [0, 0.05) is 0 Å².